The van der Waals surface area contributed by atoms with Crippen molar-refractivity contribution in [2.45, 2.75) is 39.2 Å². The van der Waals surface area contributed by atoms with Crippen LogP contribution in [0.4, 0.5) is 0 Å². The lowest BCUT2D eigenvalue weighted by Crippen LogP contribution is -2.39. The van der Waals surface area contributed by atoms with E-state index in [4.69, 9.17) is 13.9 Å². The number of ether oxygens (including phenoxy) is 2. The van der Waals surface area contributed by atoms with Gasteiger partial charge in [0.05, 0.1) is 19.8 Å². The molecule has 0 radical (unpaired) electrons. The highest BCUT2D eigenvalue weighted by Gasteiger charge is 2.26. The van der Waals surface area contributed by atoms with Gasteiger partial charge in [-0.05, 0) is 45.7 Å². The fourth-order valence-corrected chi connectivity index (χ4v) is 2.72. The van der Waals surface area contributed by atoms with E-state index in [-0.39, 0.29) is 6.54 Å². The third-order valence-electron chi connectivity index (χ3n) is 4.30. The van der Waals surface area contributed by atoms with Gasteiger partial charge in [0.1, 0.15) is 17.1 Å². The van der Waals surface area contributed by atoms with Crippen molar-refractivity contribution in [3.8, 4) is 0 Å². The first-order chi connectivity index (χ1) is 12.5. The lowest BCUT2D eigenvalue weighted by atomic mass is 10.0. The molecule has 2 atom stereocenters. The Labute approximate surface area is 156 Å². The number of aliphatic hydroxyl groups is 1. The predicted octanol–water partition coefficient (Wildman–Crippen LogP) is 1.79. The molecular weight excluding hydrogens is 334 g/mol. The van der Waals surface area contributed by atoms with Crippen LogP contribution in [-0.4, -0.2) is 57.1 Å². The third kappa shape index (κ3) is 6.97. The number of aliphatic imine (C=N–C) groups is 1. The molecule has 2 heterocycles. The second kappa shape index (κ2) is 10.5. The lowest BCUT2D eigenvalue weighted by Gasteiger charge is -2.19. The van der Waals surface area contributed by atoms with Crippen molar-refractivity contribution in [3.63, 3.8) is 0 Å². The topological polar surface area (TPSA) is 88.3 Å². The number of nitrogens with one attached hydrogen (secondary N) is 2. The normalized spacial score (nSPS) is 20.2. The lowest BCUT2D eigenvalue weighted by molar-refractivity contribution is 0.0428. The van der Waals surface area contributed by atoms with Crippen molar-refractivity contribution in [2.75, 3.05) is 46.1 Å². The minimum absolute atomic E-state index is 0.216. The van der Waals surface area contributed by atoms with Crippen LogP contribution in [0.25, 0.3) is 0 Å². The molecule has 2 rings (SSSR count). The second-order valence-electron chi connectivity index (χ2n) is 6.96. The zero-order valence-electron chi connectivity index (χ0n) is 16.2. The highest BCUT2D eigenvalue weighted by atomic mass is 16.5. The average molecular weight is 367 g/mol. The van der Waals surface area contributed by atoms with Crippen LogP contribution in [0, 0.1) is 12.8 Å². The molecule has 0 aliphatic carbocycles. The molecule has 0 bridgehead atoms. The first-order valence-electron chi connectivity index (χ1n) is 9.48. The van der Waals surface area contributed by atoms with E-state index in [0.29, 0.717) is 24.2 Å². The van der Waals surface area contributed by atoms with E-state index < -0.39 is 5.60 Å². The second-order valence-corrected chi connectivity index (χ2v) is 6.96. The van der Waals surface area contributed by atoms with E-state index in [0.717, 1.165) is 51.5 Å². The van der Waals surface area contributed by atoms with E-state index in [9.17, 15) is 5.11 Å². The van der Waals surface area contributed by atoms with Gasteiger partial charge in [-0.3, -0.25) is 0 Å². The van der Waals surface area contributed by atoms with Gasteiger partial charge in [-0.1, -0.05) is 0 Å². The summed E-state index contributed by atoms with van der Waals surface area (Å²) in [5.41, 5.74) is -1.14. The summed E-state index contributed by atoms with van der Waals surface area (Å²) in [6, 6.07) is 3.63. The molecule has 1 aromatic heterocycles. The molecule has 0 saturated carbocycles. The van der Waals surface area contributed by atoms with Crippen molar-refractivity contribution in [1.29, 1.82) is 0 Å². The maximum absolute atomic E-state index is 10.6. The average Bonchev–Trinajstić information content (AvgIpc) is 3.27. The van der Waals surface area contributed by atoms with Crippen molar-refractivity contribution in [1.82, 2.24) is 10.6 Å². The van der Waals surface area contributed by atoms with Gasteiger partial charge in [0.2, 0.25) is 0 Å². The number of hydrogen-bond donors (Lipinski definition) is 3. The molecule has 1 aromatic rings. The molecule has 1 aliphatic heterocycles. The van der Waals surface area contributed by atoms with Crippen molar-refractivity contribution >= 4 is 5.96 Å². The maximum Gasteiger partial charge on any atom is 0.191 e. The van der Waals surface area contributed by atoms with E-state index in [1.54, 1.807) is 13.0 Å². The van der Waals surface area contributed by atoms with E-state index >= 15 is 0 Å². The van der Waals surface area contributed by atoms with E-state index in [1.165, 1.54) is 0 Å². The highest BCUT2D eigenvalue weighted by Crippen LogP contribution is 2.23. The number of furan rings is 1. The number of guanidine groups is 1. The first kappa shape index (κ1) is 20.7. The smallest absolute Gasteiger partial charge is 0.191 e. The van der Waals surface area contributed by atoms with Gasteiger partial charge in [0.25, 0.3) is 0 Å². The molecule has 2 unspecified atom stereocenters. The van der Waals surface area contributed by atoms with Gasteiger partial charge in [-0.15, -0.1) is 0 Å². The van der Waals surface area contributed by atoms with Gasteiger partial charge < -0.3 is 29.6 Å². The summed E-state index contributed by atoms with van der Waals surface area (Å²) >= 11 is 0. The molecular formula is C19H33N3O4. The van der Waals surface area contributed by atoms with Crippen molar-refractivity contribution in [2.24, 2.45) is 10.9 Å². The molecule has 0 amide bonds. The quantitative estimate of drug-likeness (QED) is 0.332. The molecule has 7 nitrogen and oxygen atoms in total. The number of aryl methyl sites for hydroxylation is 1. The van der Waals surface area contributed by atoms with Gasteiger partial charge in [0, 0.05) is 32.2 Å². The SMILES string of the molecule is CCNC(=NCC(C)(O)c1ccc(C)o1)NCCCOCC1CCOC1. The Hall–Kier alpha value is -1.57. The fourth-order valence-electron chi connectivity index (χ4n) is 2.72. The Morgan fingerprint density at radius 1 is 1.42 bits per heavy atom. The van der Waals surface area contributed by atoms with Gasteiger partial charge in [-0.25, -0.2) is 4.99 Å². The van der Waals surface area contributed by atoms with Crippen LogP contribution < -0.4 is 10.6 Å². The Bertz CT molecular complexity index is 551. The number of rotatable bonds is 10. The minimum Gasteiger partial charge on any atom is -0.463 e. The van der Waals surface area contributed by atoms with Crippen LogP contribution in [0.3, 0.4) is 0 Å². The van der Waals surface area contributed by atoms with E-state index in [2.05, 4.69) is 15.6 Å². The molecule has 0 aromatic carbocycles. The van der Waals surface area contributed by atoms with Crippen LogP contribution in [0.1, 0.15) is 38.2 Å². The van der Waals surface area contributed by atoms with Crippen LogP contribution in [0.5, 0.6) is 0 Å². The van der Waals surface area contributed by atoms with Crippen LogP contribution >= 0.6 is 0 Å². The fraction of sp³-hybridized carbons (Fsp3) is 0.737. The van der Waals surface area contributed by atoms with Crippen LogP contribution in [-0.2, 0) is 15.1 Å². The Morgan fingerprint density at radius 2 is 2.27 bits per heavy atom. The molecule has 0 spiro atoms. The summed E-state index contributed by atoms with van der Waals surface area (Å²) in [6.45, 7) is 10.5. The Morgan fingerprint density at radius 3 is 2.92 bits per heavy atom. The molecule has 1 aliphatic rings. The predicted molar refractivity (Wildman–Crippen MR) is 101 cm³/mol. The monoisotopic (exact) mass is 367 g/mol. The Kier molecular flexibility index (Phi) is 8.41. The summed E-state index contributed by atoms with van der Waals surface area (Å²) in [5.74, 6) is 2.53. The standard InChI is InChI=1S/C19H33N3O4/c1-4-20-18(21-9-5-10-24-12-16-8-11-25-13-16)22-14-19(3,23)17-7-6-15(2)26-17/h6-7,16,23H,4-5,8-14H2,1-3H3,(H2,20,21,22). The summed E-state index contributed by atoms with van der Waals surface area (Å²) in [5, 5.41) is 17.0. The van der Waals surface area contributed by atoms with E-state index in [1.807, 2.05) is 19.9 Å². The van der Waals surface area contributed by atoms with Gasteiger partial charge in [-0.2, -0.15) is 0 Å². The largest absolute Gasteiger partial charge is 0.463 e. The number of nitrogens with zero attached hydrogens (tertiary/aromatic N) is 1. The van der Waals surface area contributed by atoms with Crippen molar-refractivity contribution in [3.05, 3.63) is 23.7 Å². The zero-order valence-corrected chi connectivity index (χ0v) is 16.2. The van der Waals surface area contributed by atoms with Crippen LogP contribution in [0.15, 0.2) is 21.5 Å². The molecule has 3 N–H and O–H groups in total. The minimum atomic E-state index is -1.14. The maximum atomic E-state index is 10.6. The highest BCUT2D eigenvalue weighted by molar-refractivity contribution is 5.79. The van der Waals surface area contributed by atoms with Gasteiger partial charge in [0.15, 0.2) is 5.96 Å². The van der Waals surface area contributed by atoms with Crippen LogP contribution in [0.2, 0.25) is 0 Å². The first-order valence-corrected chi connectivity index (χ1v) is 9.48. The zero-order chi connectivity index (χ0) is 18.8. The van der Waals surface area contributed by atoms with Crippen molar-refractivity contribution < 1.29 is 19.0 Å². The molecule has 1 saturated heterocycles. The molecule has 26 heavy (non-hydrogen) atoms. The third-order valence-corrected chi connectivity index (χ3v) is 4.30. The summed E-state index contributed by atoms with van der Waals surface area (Å²) < 4.78 is 16.6. The molecule has 7 heteroatoms. The number of hydrogen-bond acceptors (Lipinski definition) is 5. The molecule has 148 valence electrons. The Balaban J connectivity index is 1.70. The molecule has 1 fully saturated rings. The summed E-state index contributed by atoms with van der Waals surface area (Å²) in [7, 11) is 0. The summed E-state index contributed by atoms with van der Waals surface area (Å²) in [4.78, 5) is 4.48. The van der Waals surface area contributed by atoms with Gasteiger partial charge >= 0.3 is 0 Å². The summed E-state index contributed by atoms with van der Waals surface area (Å²) in [6.07, 6.45) is 2.00.